The third-order valence-corrected chi connectivity index (χ3v) is 2.09. The van der Waals surface area contributed by atoms with E-state index >= 15 is 0 Å². The molecule has 0 radical (unpaired) electrons. The summed E-state index contributed by atoms with van der Waals surface area (Å²) in [7, 11) is 0. The second-order valence-corrected chi connectivity index (χ2v) is 3.05. The molecule has 0 amide bonds. The molecule has 5 heteroatoms. The molecular formula is C10H6F3NO. The molecule has 2 nitrogen and oxygen atoms in total. The van der Waals surface area contributed by atoms with Gasteiger partial charge in [-0.2, -0.15) is 0 Å². The van der Waals surface area contributed by atoms with Crippen LogP contribution in [0.1, 0.15) is 0 Å². The van der Waals surface area contributed by atoms with Gasteiger partial charge in [0, 0.05) is 11.6 Å². The first-order chi connectivity index (χ1) is 7.00. The van der Waals surface area contributed by atoms with E-state index in [1.54, 1.807) is 12.1 Å². The van der Waals surface area contributed by atoms with E-state index in [1.165, 1.54) is 18.2 Å². The highest BCUT2D eigenvalue weighted by atomic mass is 19.4. The van der Waals surface area contributed by atoms with Crippen LogP contribution in [0.2, 0.25) is 0 Å². The van der Waals surface area contributed by atoms with Crippen LogP contribution in [0.4, 0.5) is 13.2 Å². The topological polar surface area (TPSA) is 22.0 Å². The number of hydrogen-bond donors (Lipinski definition) is 0. The molecule has 0 aliphatic carbocycles. The number of fused-ring (bicyclic) bond motifs is 1. The van der Waals surface area contributed by atoms with Crippen molar-refractivity contribution in [1.29, 1.82) is 0 Å². The van der Waals surface area contributed by atoms with Gasteiger partial charge >= 0.3 is 6.30 Å². The highest BCUT2D eigenvalue weighted by Crippen LogP contribution is 2.21. The summed E-state index contributed by atoms with van der Waals surface area (Å²) in [5.41, 5.74) is -1.04. The Morgan fingerprint density at radius 1 is 1.07 bits per heavy atom. The van der Waals surface area contributed by atoms with Crippen LogP contribution in [0.5, 0.6) is 0 Å². The molecule has 0 bridgehead atoms. The summed E-state index contributed by atoms with van der Waals surface area (Å²) in [6.07, 6.45) is -3.92. The SMILES string of the molecule is O=c1c2ccccc2ccn1C(F)(F)F. The molecule has 0 N–H and O–H groups in total. The van der Waals surface area contributed by atoms with Crippen molar-refractivity contribution in [2.75, 3.05) is 0 Å². The van der Waals surface area contributed by atoms with Gasteiger partial charge in [0.15, 0.2) is 0 Å². The maximum atomic E-state index is 12.3. The van der Waals surface area contributed by atoms with Gasteiger partial charge in [0.05, 0.1) is 0 Å². The van der Waals surface area contributed by atoms with Crippen LogP contribution in [0.15, 0.2) is 41.3 Å². The fourth-order valence-corrected chi connectivity index (χ4v) is 1.39. The molecule has 0 unspecified atom stereocenters. The number of nitrogens with zero attached hydrogens (tertiary/aromatic N) is 1. The first-order valence-electron chi connectivity index (χ1n) is 4.18. The van der Waals surface area contributed by atoms with Crippen molar-refractivity contribution in [3.8, 4) is 0 Å². The van der Waals surface area contributed by atoms with Gasteiger partial charge in [-0.25, -0.2) is 4.57 Å². The molecule has 1 heterocycles. The van der Waals surface area contributed by atoms with Gasteiger partial charge in [-0.15, -0.1) is 13.2 Å². The molecule has 0 saturated carbocycles. The number of hydrogen-bond acceptors (Lipinski definition) is 1. The van der Waals surface area contributed by atoms with Crippen molar-refractivity contribution < 1.29 is 13.2 Å². The van der Waals surface area contributed by atoms with Crippen molar-refractivity contribution >= 4 is 10.8 Å². The molecule has 78 valence electrons. The number of rotatable bonds is 0. The Labute approximate surface area is 82.6 Å². The van der Waals surface area contributed by atoms with Gasteiger partial charge in [0.1, 0.15) is 0 Å². The number of pyridine rings is 1. The zero-order chi connectivity index (χ0) is 11.1. The van der Waals surface area contributed by atoms with E-state index in [4.69, 9.17) is 0 Å². The molecule has 1 aromatic heterocycles. The van der Waals surface area contributed by atoms with Crippen molar-refractivity contribution in [2.45, 2.75) is 6.30 Å². The molecule has 0 spiro atoms. The molecule has 1 aromatic carbocycles. The predicted molar refractivity (Wildman–Crippen MR) is 49.5 cm³/mol. The Kier molecular flexibility index (Phi) is 2.03. The lowest BCUT2D eigenvalue weighted by molar-refractivity contribution is -0.206. The fraction of sp³-hybridized carbons (Fsp3) is 0.100. The van der Waals surface area contributed by atoms with Crippen molar-refractivity contribution in [1.82, 2.24) is 4.57 Å². The van der Waals surface area contributed by atoms with E-state index in [1.807, 2.05) is 0 Å². The van der Waals surface area contributed by atoms with Crippen LogP contribution in [0, 0.1) is 0 Å². The molecule has 0 saturated heterocycles. The second kappa shape index (κ2) is 3.12. The number of halogens is 3. The molecule has 0 atom stereocenters. The standard InChI is InChI=1S/C10H6F3NO/c11-10(12,13)14-6-5-7-3-1-2-4-8(7)9(14)15/h1-6H. The van der Waals surface area contributed by atoms with Gasteiger partial charge in [0.25, 0.3) is 5.56 Å². The van der Waals surface area contributed by atoms with Gasteiger partial charge in [0.2, 0.25) is 0 Å². The summed E-state index contributed by atoms with van der Waals surface area (Å²) in [4.78, 5) is 11.4. The predicted octanol–water partition coefficient (Wildman–Crippen LogP) is 2.48. The summed E-state index contributed by atoms with van der Waals surface area (Å²) in [6, 6.07) is 7.44. The molecular weight excluding hydrogens is 207 g/mol. The van der Waals surface area contributed by atoms with Gasteiger partial charge in [-0.1, -0.05) is 18.2 Å². The van der Waals surface area contributed by atoms with Gasteiger partial charge in [-0.05, 0) is 17.5 Å². The van der Waals surface area contributed by atoms with Crippen molar-refractivity contribution in [3.63, 3.8) is 0 Å². The van der Waals surface area contributed by atoms with Crippen molar-refractivity contribution in [2.24, 2.45) is 0 Å². The first-order valence-corrected chi connectivity index (χ1v) is 4.18. The summed E-state index contributed by atoms with van der Waals surface area (Å²) in [5.74, 6) is 0. The molecule has 15 heavy (non-hydrogen) atoms. The maximum Gasteiger partial charge on any atom is 0.491 e. The number of alkyl halides is 3. The van der Waals surface area contributed by atoms with Gasteiger partial charge in [-0.3, -0.25) is 4.79 Å². The van der Waals surface area contributed by atoms with Gasteiger partial charge < -0.3 is 0 Å². The Bertz CT molecular complexity index is 556. The Balaban J connectivity index is 2.83. The summed E-state index contributed by atoms with van der Waals surface area (Å²) < 4.78 is 36.8. The van der Waals surface area contributed by atoms with Crippen LogP contribution in [0.3, 0.4) is 0 Å². The van der Waals surface area contributed by atoms with Crippen LogP contribution in [-0.4, -0.2) is 4.57 Å². The average Bonchev–Trinajstić information content (AvgIpc) is 2.16. The lowest BCUT2D eigenvalue weighted by Gasteiger charge is -2.09. The van der Waals surface area contributed by atoms with E-state index in [0.717, 1.165) is 6.20 Å². The third kappa shape index (κ3) is 1.60. The number of aromatic nitrogens is 1. The van der Waals surface area contributed by atoms with Crippen molar-refractivity contribution in [3.05, 3.63) is 46.9 Å². The number of benzene rings is 1. The Hall–Kier alpha value is -1.78. The largest absolute Gasteiger partial charge is 0.491 e. The normalized spacial score (nSPS) is 11.9. The van der Waals surface area contributed by atoms with E-state index in [9.17, 15) is 18.0 Å². The minimum Gasteiger partial charge on any atom is -0.268 e. The quantitative estimate of drug-likeness (QED) is 0.658. The zero-order valence-corrected chi connectivity index (χ0v) is 7.45. The smallest absolute Gasteiger partial charge is 0.268 e. The van der Waals surface area contributed by atoms with Crippen LogP contribution in [0.25, 0.3) is 10.8 Å². The van der Waals surface area contributed by atoms with Crippen LogP contribution >= 0.6 is 0 Å². The molecule has 0 aliphatic heterocycles. The third-order valence-electron chi connectivity index (χ3n) is 2.09. The van der Waals surface area contributed by atoms with E-state index in [0.29, 0.717) is 5.39 Å². The first kappa shape index (κ1) is 9.76. The highest BCUT2D eigenvalue weighted by Gasteiger charge is 2.31. The minimum atomic E-state index is -4.67. The fourth-order valence-electron chi connectivity index (χ4n) is 1.39. The van der Waals surface area contributed by atoms with E-state index in [-0.39, 0.29) is 9.95 Å². The van der Waals surface area contributed by atoms with Crippen LogP contribution < -0.4 is 5.56 Å². The van der Waals surface area contributed by atoms with Crippen LogP contribution in [-0.2, 0) is 6.30 Å². The molecule has 0 aliphatic rings. The van der Waals surface area contributed by atoms with E-state index < -0.39 is 11.9 Å². The minimum absolute atomic E-state index is 0.0670. The Morgan fingerprint density at radius 2 is 1.73 bits per heavy atom. The molecule has 2 aromatic rings. The summed E-state index contributed by atoms with van der Waals surface area (Å²) >= 11 is 0. The molecule has 2 rings (SSSR count). The maximum absolute atomic E-state index is 12.3. The Morgan fingerprint density at radius 3 is 2.40 bits per heavy atom. The zero-order valence-electron chi connectivity index (χ0n) is 7.45. The highest BCUT2D eigenvalue weighted by molar-refractivity contribution is 5.81. The summed E-state index contributed by atoms with van der Waals surface area (Å²) in [6.45, 7) is 0. The lowest BCUT2D eigenvalue weighted by Crippen LogP contribution is -2.30. The lowest BCUT2D eigenvalue weighted by atomic mass is 10.2. The monoisotopic (exact) mass is 213 g/mol. The average molecular weight is 213 g/mol. The second-order valence-electron chi connectivity index (χ2n) is 3.05. The van der Waals surface area contributed by atoms with E-state index in [2.05, 4.69) is 0 Å². The molecule has 0 fully saturated rings. The summed E-state index contributed by atoms with van der Waals surface area (Å²) in [5, 5.41) is 0.570.